The van der Waals surface area contributed by atoms with Crippen LogP contribution in [0.3, 0.4) is 0 Å². The van der Waals surface area contributed by atoms with Gasteiger partial charge in [0, 0.05) is 6.54 Å². The molecule has 1 aliphatic heterocycles. The summed E-state index contributed by atoms with van der Waals surface area (Å²) in [5, 5.41) is 7.09. The number of nitrogens with one attached hydrogen (secondary N) is 1. The molecule has 0 saturated heterocycles. The number of hydrogen-bond donors (Lipinski definition) is 1. The highest BCUT2D eigenvalue weighted by atomic mass is 16.5. The summed E-state index contributed by atoms with van der Waals surface area (Å²) in [7, 11) is 3.22. The van der Waals surface area contributed by atoms with Crippen LogP contribution < -0.4 is 14.8 Å². The second-order valence-electron chi connectivity index (χ2n) is 4.21. The lowest BCUT2D eigenvalue weighted by Gasteiger charge is -2.17. The summed E-state index contributed by atoms with van der Waals surface area (Å²) in [4.78, 5) is 0. The predicted molar refractivity (Wildman–Crippen MR) is 70.8 cm³/mol. The Morgan fingerprint density at radius 3 is 2.84 bits per heavy atom. The maximum atomic E-state index is 5.24. The van der Waals surface area contributed by atoms with Crippen LogP contribution in [-0.2, 0) is 6.54 Å². The second-order valence-corrected chi connectivity index (χ2v) is 4.21. The normalized spacial score (nSPS) is 13.3. The Bertz CT molecular complexity index is 631. The largest absolute Gasteiger partial charge is 0.497 e. The van der Waals surface area contributed by atoms with E-state index in [1.54, 1.807) is 20.3 Å². The van der Waals surface area contributed by atoms with Gasteiger partial charge < -0.3 is 19.3 Å². The monoisotopic (exact) mass is 258 g/mol. The van der Waals surface area contributed by atoms with Gasteiger partial charge in [0.15, 0.2) is 5.76 Å². The molecule has 0 amide bonds. The summed E-state index contributed by atoms with van der Waals surface area (Å²) in [6.45, 7) is 0.744. The fourth-order valence-electron chi connectivity index (χ4n) is 2.03. The molecule has 5 heteroatoms. The van der Waals surface area contributed by atoms with Gasteiger partial charge in [0.05, 0.1) is 26.0 Å². The number of fused-ring (bicyclic) bond motifs is 1. The number of aromatic nitrogens is 1. The van der Waals surface area contributed by atoms with E-state index < -0.39 is 0 Å². The molecule has 0 atom stereocenters. The van der Waals surface area contributed by atoms with E-state index >= 15 is 0 Å². The second kappa shape index (κ2) is 4.68. The summed E-state index contributed by atoms with van der Waals surface area (Å²) in [5.74, 6) is 1.96. The molecule has 1 N–H and O–H groups in total. The van der Waals surface area contributed by atoms with Crippen molar-refractivity contribution in [3.63, 3.8) is 0 Å². The van der Waals surface area contributed by atoms with Crippen LogP contribution >= 0.6 is 0 Å². The summed E-state index contributed by atoms with van der Waals surface area (Å²) in [5.41, 5.74) is 3.22. The summed E-state index contributed by atoms with van der Waals surface area (Å²) in [6, 6.07) is 7.76. The highest BCUT2D eigenvalue weighted by Crippen LogP contribution is 2.27. The Hall–Kier alpha value is -2.43. The first kappa shape index (κ1) is 11.6. The smallest absolute Gasteiger partial charge is 0.254 e. The molecule has 1 aromatic heterocycles. The van der Waals surface area contributed by atoms with Crippen LogP contribution in [0.15, 0.2) is 28.8 Å². The van der Waals surface area contributed by atoms with E-state index in [2.05, 4.69) is 16.5 Å². The van der Waals surface area contributed by atoms with Crippen molar-refractivity contribution in [3.8, 4) is 11.6 Å². The van der Waals surface area contributed by atoms with Crippen molar-refractivity contribution in [1.29, 1.82) is 0 Å². The standard InChI is InChI=1S/C14H14N2O3/c1-17-11-4-3-9-8-15-12(6-10(9)5-11)13-7-14(18-2)16-19-13/h3-7,15H,8H2,1-2H3. The number of ether oxygens (including phenoxy) is 2. The predicted octanol–water partition coefficient (Wildman–Crippen LogP) is 2.29. The maximum Gasteiger partial charge on any atom is 0.254 e. The molecule has 0 radical (unpaired) electrons. The summed E-state index contributed by atoms with van der Waals surface area (Å²) in [6.07, 6.45) is 2.02. The first-order chi connectivity index (χ1) is 9.30. The van der Waals surface area contributed by atoms with Crippen LogP contribution in [0.5, 0.6) is 11.6 Å². The van der Waals surface area contributed by atoms with Crippen molar-refractivity contribution < 1.29 is 14.0 Å². The zero-order valence-corrected chi connectivity index (χ0v) is 10.8. The quantitative estimate of drug-likeness (QED) is 0.915. The van der Waals surface area contributed by atoms with Gasteiger partial charge in [-0.25, -0.2) is 0 Å². The van der Waals surface area contributed by atoms with Crippen LogP contribution in [-0.4, -0.2) is 19.4 Å². The molecule has 19 heavy (non-hydrogen) atoms. The minimum atomic E-state index is 0.467. The zero-order chi connectivity index (χ0) is 13.2. The topological polar surface area (TPSA) is 56.5 Å². The van der Waals surface area contributed by atoms with Gasteiger partial charge in [0.25, 0.3) is 5.88 Å². The van der Waals surface area contributed by atoms with Crippen LogP contribution in [0.4, 0.5) is 0 Å². The van der Waals surface area contributed by atoms with E-state index in [1.165, 1.54) is 5.56 Å². The number of hydrogen-bond acceptors (Lipinski definition) is 5. The molecular formula is C14H14N2O3. The van der Waals surface area contributed by atoms with E-state index in [1.807, 2.05) is 18.2 Å². The van der Waals surface area contributed by atoms with Crippen molar-refractivity contribution in [3.05, 3.63) is 41.2 Å². The number of nitrogens with zero attached hydrogens (tertiary/aromatic N) is 1. The highest BCUT2D eigenvalue weighted by Gasteiger charge is 2.15. The summed E-state index contributed by atoms with van der Waals surface area (Å²) >= 11 is 0. The SMILES string of the molecule is COc1ccc2c(c1)C=C(c1cc(OC)no1)NC2. The van der Waals surface area contributed by atoms with Crippen LogP contribution in [0.25, 0.3) is 11.8 Å². The third-order valence-electron chi connectivity index (χ3n) is 3.09. The van der Waals surface area contributed by atoms with Gasteiger partial charge in [-0.05, 0) is 34.5 Å². The maximum absolute atomic E-state index is 5.24. The first-order valence-corrected chi connectivity index (χ1v) is 5.93. The average molecular weight is 258 g/mol. The van der Waals surface area contributed by atoms with Crippen molar-refractivity contribution in [2.45, 2.75) is 6.54 Å². The number of rotatable bonds is 3. The third kappa shape index (κ3) is 2.14. The molecule has 0 saturated carbocycles. The molecule has 2 aromatic rings. The molecule has 0 bridgehead atoms. The van der Waals surface area contributed by atoms with E-state index in [9.17, 15) is 0 Å². The molecule has 3 rings (SSSR count). The van der Waals surface area contributed by atoms with Gasteiger partial charge >= 0.3 is 0 Å². The lowest BCUT2D eigenvalue weighted by atomic mass is 10.0. The minimum Gasteiger partial charge on any atom is -0.497 e. The molecule has 98 valence electrons. The minimum absolute atomic E-state index is 0.467. The zero-order valence-electron chi connectivity index (χ0n) is 10.8. The Balaban J connectivity index is 1.97. The molecular weight excluding hydrogens is 244 g/mol. The third-order valence-corrected chi connectivity index (χ3v) is 3.09. The molecule has 5 nitrogen and oxygen atoms in total. The van der Waals surface area contributed by atoms with E-state index in [-0.39, 0.29) is 0 Å². The van der Waals surface area contributed by atoms with Gasteiger partial charge in [0.1, 0.15) is 5.75 Å². The Morgan fingerprint density at radius 1 is 1.21 bits per heavy atom. The van der Waals surface area contributed by atoms with Gasteiger partial charge in [-0.2, -0.15) is 0 Å². The van der Waals surface area contributed by atoms with Gasteiger partial charge in [-0.15, -0.1) is 0 Å². The molecule has 0 fully saturated rings. The van der Waals surface area contributed by atoms with Crippen LogP contribution in [0.2, 0.25) is 0 Å². The van der Waals surface area contributed by atoms with Crippen LogP contribution in [0.1, 0.15) is 16.9 Å². The lowest BCUT2D eigenvalue weighted by Crippen LogP contribution is -2.16. The molecule has 2 heterocycles. The van der Waals surface area contributed by atoms with Crippen LogP contribution in [0, 0.1) is 0 Å². The van der Waals surface area contributed by atoms with Gasteiger partial charge in [0.2, 0.25) is 0 Å². The van der Waals surface area contributed by atoms with Gasteiger partial charge in [-0.1, -0.05) is 6.07 Å². The van der Waals surface area contributed by atoms with Crippen molar-refractivity contribution in [2.24, 2.45) is 0 Å². The molecule has 1 aliphatic rings. The highest BCUT2D eigenvalue weighted by molar-refractivity contribution is 5.81. The average Bonchev–Trinajstić information content (AvgIpc) is 2.95. The fraction of sp³-hybridized carbons (Fsp3) is 0.214. The Morgan fingerprint density at radius 2 is 2.11 bits per heavy atom. The molecule has 0 aliphatic carbocycles. The van der Waals surface area contributed by atoms with Crippen molar-refractivity contribution >= 4 is 11.8 Å². The molecule has 1 aromatic carbocycles. The van der Waals surface area contributed by atoms with Crippen molar-refractivity contribution in [2.75, 3.05) is 14.2 Å². The first-order valence-electron chi connectivity index (χ1n) is 5.93. The Kier molecular flexibility index (Phi) is 2.87. The summed E-state index contributed by atoms with van der Waals surface area (Å²) < 4.78 is 15.5. The lowest BCUT2D eigenvalue weighted by molar-refractivity contribution is 0.335. The fourth-order valence-corrected chi connectivity index (χ4v) is 2.03. The molecule has 0 spiro atoms. The number of benzene rings is 1. The Labute approximate surface area is 110 Å². The number of methoxy groups -OCH3 is 2. The molecule has 0 unspecified atom stereocenters. The van der Waals surface area contributed by atoms with E-state index in [4.69, 9.17) is 14.0 Å². The van der Waals surface area contributed by atoms with Crippen molar-refractivity contribution in [1.82, 2.24) is 10.5 Å². The van der Waals surface area contributed by atoms with E-state index in [0.29, 0.717) is 11.6 Å². The van der Waals surface area contributed by atoms with Gasteiger partial charge in [-0.3, -0.25) is 0 Å². The van der Waals surface area contributed by atoms with E-state index in [0.717, 1.165) is 23.6 Å².